The van der Waals surface area contributed by atoms with Gasteiger partial charge in [0.15, 0.2) is 9.84 Å². The van der Waals surface area contributed by atoms with Gasteiger partial charge in [-0.15, -0.1) is 0 Å². The van der Waals surface area contributed by atoms with E-state index < -0.39 is 51.3 Å². The molecule has 1 aliphatic rings. The maximum absolute atomic E-state index is 12.6. The van der Waals surface area contributed by atoms with Gasteiger partial charge in [-0.05, 0) is 17.7 Å². The number of barbiturate groups is 1. The van der Waals surface area contributed by atoms with E-state index in [1.807, 2.05) is 10.6 Å². The van der Waals surface area contributed by atoms with Crippen LogP contribution < -0.4 is 16.0 Å². The Labute approximate surface area is 166 Å². The van der Waals surface area contributed by atoms with Crippen LogP contribution in [0.15, 0.2) is 65.6 Å². The van der Waals surface area contributed by atoms with Gasteiger partial charge in [0.25, 0.3) is 11.8 Å². The fraction of sp³-hybridized carbons (Fsp3) is 0.158. The minimum atomic E-state index is -3.73. The van der Waals surface area contributed by atoms with Crippen molar-refractivity contribution < 1.29 is 27.6 Å². The average Bonchev–Trinajstić information content (AvgIpc) is 2.70. The van der Waals surface area contributed by atoms with E-state index in [1.54, 1.807) is 36.4 Å². The normalized spacial score (nSPS) is 15.9. The Balaban J connectivity index is 1.84. The Hall–Kier alpha value is -3.53. The van der Waals surface area contributed by atoms with Crippen molar-refractivity contribution in [2.75, 3.05) is 5.75 Å². The molecule has 1 fully saturated rings. The quantitative estimate of drug-likeness (QED) is 0.577. The number of imide groups is 2. The molecule has 0 atom stereocenters. The molecule has 0 unspecified atom stereocenters. The zero-order valence-electron chi connectivity index (χ0n) is 15.0. The second-order valence-corrected chi connectivity index (χ2v) is 8.39. The predicted molar refractivity (Wildman–Crippen MR) is 101 cm³/mol. The third kappa shape index (κ3) is 4.02. The highest BCUT2D eigenvalue weighted by atomic mass is 32.2. The van der Waals surface area contributed by atoms with Crippen LogP contribution in [0.25, 0.3) is 0 Å². The summed E-state index contributed by atoms with van der Waals surface area (Å²) >= 11 is 0. The van der Waals surface area contributed by atoms with E-state index in [0.29, 0.717) is 0 Å². The van der Waals surface area contributed by atoms with E-state index in [-0.39, 0.29) is 10.5 Å². The van der Waals surface area contributed by atoms with Crippen molar-refractivity contribution in [3.05, 3.63) is 66.2 Å². The minimum Gasteiger partial charge on any atom is -0.330 e. The molecule has 2 aromatic rings. The summed E-state index contributed by atoms with van der Waals surface area (Å²) in [4.78, 5) is 49.2. The van der Waals surface area contributed by atoms with Gasteiger partial charge in [-0.1, -0.05) is 48.5 Å². The van der Waals surface area contributed by atoms with Gasteiger partial charge in [0, 0.05) is 6.42 Å². The molecule has 2 aromatic carbocycles. The summed E-state index contributed by atoms with van der Waals surface area (Å²) in [7, 11) is -3.73. The Kier molecular flexibility index (Phi) is 5.46. The molecule has 29 heavy (non-hydrogen) atoms. The molecule has 0 bridgehead atoms. The number of hydrogen-bond acceptors (Lipinski definition) is 6. The highest BCUT2D eigenvalue weighted by Crippen LogP contribution is 2.24. The van der Waals surface area contributed by atoms with Crippen LogP contribution in [0.1, 0.15) is 12.0 Å². The summed E-state index contributed by atoms with van der Waals surface area (Å²) in [6, 6.07) is 14.2. The molecule has 3 rings (SSSR count). The number of benzene rings is 2. The molecule has 5 amide bonds. The van der Waals surface area contributed by atoms with Crippen LogP contribution in [0.2, 0.25) is 0 Å². The van der Waals surface area contributed by atoms with Crippen molar-refractivity contribution >= 4 is 33.6 Å². The molecular formula is C19H17N3O6S. The van der Waals surface area contributed by atoms with Crippen LogP contribution in [0.3, 0.4) is 0 Å². The van der Waals surface area contributed by atoms with Gasteiger partial charge < -0.3 is 5.32 Å². The monoisotopic (exact) mass is 415 g/mol. The molecule has 3 N–H and O–H groups in total. The molecule has 9 nitrogen and oxygen atoms in total. The predicted octanol–water partition coefficient (Wildman–Crippen LogP) is 0.228. The smallest absolute Gasteiger partial charge is 0.328 e. The highest BCUT2D eigenvalue weighted by molar-refractivity contribution is 7.91. The second-order valence-electron chi connectivity index (χ2n) is 6.28. The van der Waals surface area contributed by atoms with Crippen LogP contribution >= 0.6 is 0 Å². The van der Waals surface area contributed by atoms with Gasteiger partial charge in [-0.25, -0.2) is 13.2 Å². The van der Waals surface area contributed by atoms with Crippen LogP contribution in [-0.2, 0) is 29.8 Å². The lowest BCUT2D eigenvalue weighted by atomic mass is 9.86. The van der Waals surface area contributed by atoms with E-state index in [0.717, 1.165) is 0 Å². The third-order valence-electron chi connectivity index (χ3n) is 4.37. The fourth-order valence-corrected chi connectivity index (χ4v) is 4.17. The summed E-state index contributed by atoms with van der Waals surface area (Å²) in [5, 5.41) is 6.23. The lowest BCUT2D eigenvalue weighted by Crippen LogP contribution is -2.71. The SMILES string of the molecule is O=C(CCS(=O)(=O)c1ccccc1)NC1(c2ccccc2)C(=O)NC(=O)NC1=O. The van der Waals surface area contributed by atoms with Crippen LogP contribution in [-0.4, -0.2) is 37.9 Å². The van der Waals surface area contributed by atoms with Gasteiger partial charge in [-0.3, -0.25) is 25.0 Å². The highest BCUT2D eigenvalue weighted by Gasteiger charge is 2.53. The van der Waals surface area contributed by atoms with Crippen LogP contribution in [0, 0.1) is 0 Å². The lowest BCUT2D eigenvalue weighted by Gasteiger charge is -2.34. The largest absolute Gasteiger partial charge is 0.330 e. The first-order valence-electron chi connectivity index (χ1n) is 8.57. The number of carbonyl (C=O) groups excluding carboxylic acids is 4. The molecule has 1 aliphatic heterocycles. The molecule has 1 saturated heterocycles. The molecule has 150 valence electrons. The number of nitrogens with one attached hydrogen (secondary N) is 3. The van der Waals surface area contributed by atoms with E-state index in [4.69, 9.17) is 0 Å². The lowest BCUT2D eigenvalue weighted by molar-refractivity contribution is -0.144. The zero-order chi connectivity index (χ0) is 21.1. The number of carbonyl (C=O) groups is 4. The summed E-state index contributed by atoms with van der Waals surface area (Å²) in [6.45, 7) is 0. The van der Waals surface area contributed by atoms with Gasteiger partial charge in [0.1, 0.15) is 0 Å². The number of sulfone groups is 1. The minimum absolute atomic E-state index is 0.0596. The summed E-state index contributed by atoms with van der Waals surface area (Å²) < 4.78 is 24.7. The van der Waals surface area contributed by atoms with E-state index >= 15 is 0 Å². The van der Waals surface area contributed by atoms with E-state index in [1.165, 1.54) is 24.3 Å². The Bertz CT molecular complexity index is 1050. The van der Waals surface area contributed by atoms with E-state index in [9.17, 15) is 27.6 Å². The Morgan fingerprint density at radius 1 is 0.862 bits per heavy atom. The van der Waals surface area contributed by atoms with E-state index in [2.05, 4.69) is 5.32 Å². The Morgan fingerprint density at radius 2 is 1.38 bits per heavy atom. The maximum Gasteiger partial charge on any atom is 0.328 e. The fourth-order valence-electron chi connectivity index (χ4n) is 2.91. The summed E-state index contributed by atoms with van der Waals surface area (Å²) in [5.41, 5.74) is -2.07. The van der Waals surface area contributed by atoms with Gasteiger partial charge in [-0.2, -0.15) is 0 Å². The number of hydrogen-bond donors (Lipinski definition) is 3. The Morgan fingerprint density at radius 3 is 1.93 bits per heavy atom. The first-order valence-corrected chi connectivity index (χ1v) is 10.2. The number of amides is 5. The van der Waals surface area contributed by atoms with Crippen molar-refractivity contribution in [3.63, 3.8) is 0 Å². The standard InChI is InChI=1S/C19H17N3O6S/c23-15(11-12-29(27,28)14-9-5-2-6-10-14)22-19(13-7-3-1-4-8-13)16(24)20-18(26)21-17(19)25/h1-10H,11-12H2,(H,22,23)(H2,20,21,24,25,26). The van der Waals surface area contributed by atoms with Gasteiger partial charge in [0.2, 0.25) is 11.4 Å². The van der Waals surface area contributed by atoms with Crippen molar-refractivity contribution in [2.24, 2.45) is 0 Å². The number of rotatable bonds is 6. The summed E-state index contributed by atoms with van der Waals surface area (Å²) in [6.07, 6.45) is -0.486. The third-order valence-corrected chi connectivity index (χ3v) is 6.10. The molecule has 10 heteroatoms. The van der Waals surface area contributed by atoms with Crippen LogP contribution in [0.4, 0.5) is 4.79 Å². The molecule has 0 radical (unpaired) electrons. The topological polar surface area (TPSA) is 139 Å². The first-order chi connectivity index (χ1) is 13.8. The second kappa shape index (κ2) is 7.84. The van der Waals surface area contributed by atoms with Gasteiger partial charge in [0.05, 0.1) is 10.6 Å². The molecular weight excluding hydrogens is 398 g/mol. The van der Waals surface area contributed by atoms with Crippen molar-refractivity contribution in [1.29, 1.82) is 0 Å². The van der Waals surface area contributed by atoms with Gasteiger partial charge >= 0.3 is 6.03 Å². The molecule has 0 aliphatic carbocycles. The number of urea groups is 1. The average molecular weight is 415 g/mol. The summed E-state index contributed by atoms with van der Waals surface area (Å²) in [5.74, 6) is -3.42. The maximum atomic E-state index is 12.6. The zero-order valence-corrected chi connectivity index (χ0v) is 15.9. The molecule has 1 heterocycles. The first kappa shape index (κ1) is 20.2. The van der Waals surface area contributed by atoms with Crippen molar-refractivity contribution in [1.82, 2.24) is 16.0 Å². The molecule has 0 spiro atoms. The van der Waals surface area contributed by atoms with Crippen molar-refractivity contribution in [3.8, 4) is 0 Å². The molecule has 0 saturated carbocycles. The van der Waals surface area contributed by atoms with Crippen molar-refractivity contribution in [2.45, 2.75) is 16.9 Å². The van der Waals surface area contributed by atoms with Crippen LogP contribution in [0.5, 0.6) is 0 Å². The molecule has 0 aromatic heterocycles.